The van der Waals surface area contributed by atoms with E-state index < -0.39 is 0 Å². The zero-order chi connectivity index (χ0) is 15.5. The van der Waals surface area contributed by atoms with Gasteiger partial charge in [-0.3, -0.25) is 0 Å². The van der Waals surface area contributed by atoms with Crippen LogP contribution in [0.5, 0.6) is 0 Å². The summed E-state index contributed by atoms with van der Waals surface area (Å²) < 4.78 is 4.99. The van der Waals surface area contributed by atoms with E-state index in [-0.39, 0.29) is 12.0 Å². The Balaban J connectivity index is 1.82. The summed E-state index contributed by atoms with van der Waals surface area (Å²) in [7, 11) is 0. The maximum absolute atomic E-state index is 11.7. The molecule has 4 heteroatoms. The molecular formula is C18H20N2O2. The molecule has 1 aliphatic heterocycles. The van der Waals surface area contributed by atoms with E-state index in [0.29, 0.717) is 12.2 Å². The molecule has 0 bridgehead atoms. The predicted molar refractivity (Wildman–Crippen MR) is 86.1 cm³/mol. The monoisotopic (exact) mass is 296 g/mol. The first-order chi connectivity index (χ1) is 10.7. The molecule has 0 amide bonds. The number of aromatic nitrogens is 1. The van der Waals surface area contributed by atoms with Crippen LogP contribution in [-0.4, -0.2) is 24.1 Å². The van der Waals surface area contributed by atoms with E-state index in [2.05, 4.69) is 41.1 Å². The highest BCUT2D eigenvalue weighted by atomic mass is 16.5. The summed E-state index contributed by atoms with van der Waals surface area (Å²) >= 11 is 0. The normalized spacial score (nSPS) is 17.0. The Labute approximate surface area is 130 Å². The van der Waals surface area contributed by atoms with Crippen LogP contribution in [0.1, 0.15) is 41.4 Å². The largest absolute Gasteiger partial charge is 0.462 e. The minimum absolute atomic E-state index is 0.283. The fraction of sp³-hybridized carbons (Fsp3) is 0.333. The summed E-state index contributed by atoms with van der Waals surface area (Å²) in [5.74, 6) is 0.577. The Morgan fingerprint density at radius 1 is 1.32 bits per heavy atom. The summed E-state index contributed by atoms with van der Waals surface area (Å²) in [6, 6.07) is 12.5. The highest BCUT2D eigenvalue weighted by molar-refractivity contribution is 5.89. The molecule has 114 valence electrons. The number of rotatable bonds is 3. The van der Waals surface area contributed by atoms with Gasteiger partial charge < -0.3 is 9.64 Å². The third-order valence-electron chi connectivity index (χ3n) is 4.15. The number of hydrogen-bond donors (Lipinski definition) is 0. The lowest BCUT2D eigenvalue weighted by Gasteiger charge is -2.36. The van der Waals surface area contributed by atoms with Crippen LogP contribution < -0.4 is 4.90 Å². The SMILES string of the molecule is CCOC(=O)c1ccc(N2CCc3ccccc3C2C)nc1. The lowest BCUT2D eigenvalue weighted by molar-refractivity contribution is 0.0526. The van der Waals surface area contributed by atoms with Crippen molar-refractivity contribution >= 4 is 11.8 Å². The van der Waals surface area contributed by atoms with E-state index in [9.17, 15) is 4.79 Å². The van der Waals surface area contributed by atoms with E-state index in [0.717, 1.165) is 18.8 Å². The number of hydrogen-bond acceptors (Lipinski definition) is 4. The number of benzene rings is 1. The molecule has 0 N–H and O–H groups in total. The van der Waals surface area contributed by atoms with Gasteiger partial charge >= 0.3 is 5.97 Å². The molecule has 1 atom stereocenters. The molecule has 1 aliphatic rings. The first-order valence-corrected chi connectivity index (χ1v) is 7.68. The minimum Gasteiger partial charge on any atom is -0.462 e. The summed E-state index contributed by atoms with van der Waals surface area (Å²) in [4.78, 5) is 18.4. The van der Waals surface area contributed by atoms with Gasteiger partial charge in [-0.25, -0.2) is 9.78 Å². The van der Waals surface area contributed by atoms with Crippen molar-refractivity contribution in [2.75, 3.05) is 18.1 Å². The van der Waals surface area contributed by atoms with Crippen LogP contribution in [-0.2, 0) is 11.2 Å². The van der Waals surface area contributed by atoms with Crippen LogP contribution in [0.3, 0.4) is 0 Å². The molecule has 4 nitrogen and oxygen atoms in total. The Kier molecular flexibility index (Phi) is 4.09. The molecule has 0 fully saturated rings. The maximum Gasteiger partial charge on any atom is 0.339 e. The Bertz CT molecular complexity index is 667. The van der Waals surface area contributed by atoms with Gasteiger partial charge in [0, 0.05) is 12.7 Å². The molecule has 1 unspecified atom stereocenters. The summed E-state index contributed by atoms with van der Waals surface area (Å²) in [6.07, 6.45) is 2.61. The smallest absolute Gasteiger partial charge is 0.339 e. The topological polar surface area (TPSA) is 42.4 Å². The zero-order valence-electron chi connectivity index (χ0n) is 13.0. The molecule has 1 aromatic carbocycles. The molecule has 22 heavy (non-hydrogen) atoms. The summed E-state index contributed by atoms with van der Waals surface area (Å²) in [5.41, 5.74) is 3.26. The average Bonchev–Trinajstić information content (AvgIpc) is 2.56. The molecule has 0 saturated carbocycles. The lowest BCUT2D eigenvalue weighted by atomic mass is 9.93. The van der Waals surface area contributed by atoms with Crippen molar-refractivity contribution < 1.29 is 9.53 Å². The van der Waals surface area contributed by atoms with Crippen LogP contribution in [0.15, 0.2) is 42.6 Å². The van der Waals surface area contributed by atoms with Gasteiger partial charge in [0.1, 0.15) is 5.82 Å². The molecule has 2 heterocycles. The van der Waals surface area contributed by atoms with Crippen LogP contribution in [0.25, 0.3) is 0 Å². The highest BCUT2D eigenvalue weighted by Gasteiger charge is 2.24. The van der Waals surface area contributed by atoms with Crippen LogP contribution in [0.4, 0.5) is 5.82 Å². The van der Waals surface area contributed by atoms with Crippen molar-refractivity contribution in [3.63, 3.8) is 0 Å². The van der Waals surface area contributed by atoms with E-state index in [1.807, 2.05) is 6.07 Å². The number of anilines is 1. The molecule has 0 radical (unpaired) electrons. The van der Waals surface area contributed by atoms with Gasteiger partial charge in [-0.2, -0.15) is 0 Å². The van der Waals surface area contributed by atoms with E-state index in [1.165, 1.54) is 11.1 Å². The van der Waals surface area contributed by atoms with Crippen molar-refractivity contribution in [2.24, 2.45) is 0 Å². The van der Waals surface area contributed by atoms with Gasteiger partial charge in [0.15, 0.2) is 0 Å². The Morgan fingerprint density at radius 2 is 2.14 bits per heavy atom. The quantitative estimate of drug-likeness (QED) is 0.814. The molecule has 2 aromatic rings. The van der Waals surface area contributed by atoms with E-state index >= 15 is 0 Å². The number of fused-ring (bicyclic) bond motifs is 1. The zero-order valence-corrected chi connectivity index (χ0v) is 13.0. The molecular weight excluding hydrogens is 276 g/mol. The van der Waals surface area contributed by atoms with Gasteiger partial charge in [0.25, 0.3) is 0 Å². The number of pyridine rings is 1. The van der Waals surface area contributed by atoms with Gasteiger partial charge in [0.05, 0.1) is 18.2 Å². The average molecular weight is 296 g/mol. The Hall–Kier alpha value is -2.36. The maximum atomic E-state index is 11.7. The molecule has 3 rings (SSSR count). The number of ether oxygens (including phenoxy) is 1. The highest BCUT2D eigenvalue weighted by Crippen LogP contribution is 2.32. The predicted octanol–water partition coefficient (Wildman–Crippen LogP) is 3.38. The van der Waals surface area contributed by atoms with Gasteiger partial charge in [0.2, 0.25) is 0 Å². The van der Waals surface area contributed by atoms with Crippen LogP contribution >= 0.6 is 0 Å². The van der Waals surface area contributed by atoms with Gasteiger partial charge in [-0.05, 0) is 43.5 Å². The number of carbonyl (C=O) groups is 1. The number of carbonyl (C=O) groups excluding carboxylic acids is 1. The third kappa shape index (κ3) is 2.69. The second kappa shape index (κ2) is 6.18. The van der Waals surface area contributed by atoms with Crippen molar-refractivity contribution in [1.82, 2.24) is 4.98 Å². The molecule has 0 saturated heterocycles. The number of nitrogens with zero attached hydrogens (tertiary/aromatic N) is 2. The van der Waals surface area contributed by atoms with Crippen molar-refractivity contribution in [3.8, 4) is 0 Å². The summed E-state index contributed by atoms with van der Waals surface area (Å²) in [5, 5.41) is 0. The summed E-state index contributed by atoms with van der Waals surface area (Å²) in [6.45, 7) is 5.30. The second-order valence-electron chi connectivity index (χ2n) is 5.44. The van der Waals surface area contributed by atoms with Gasteiger partial charge in [-0.1, -0.05) is 24.3 Å². The fourth-order valence-electron chi connectivity index (χ4n) is 2.98. The first kappa shape index (κ1) is 14.6. The molecule has 0 spiro atoms. The van der Waals surface area contributed by atoms with Crippen molar-refractivity contribution in [1.29, 1.82) is 0 Å². The van der Waals surface area contributed by atoms with Crippen LogP contribution in [0, 0.1) is 0 Å². The lowest BCUT2D eigenvalue weighted by Crippen LogP contribution is -2.34. The molecule has 1 aromatic heterocycles. The fourth-order valence-corrected chi connectivity index (χ4v) is 2.98. The standard InChI is InChI=1S/C18H20N2O2/c1-3-22-18(21)15-8-9-17(19-12-15)20-11-10-14-6-4-5-7-16(14)13(20)2/h4-9,12-13H,3,10-11H2,1-2H3. The molecule has 0 aliphatic carbocycles. The minimum atomic E-state index is -0.321. The number of esters is 1. The second-order valence-corrected chi connectivity index (χ2v) is 5.44. The van der Waals surface area contributed by atoms with Crippen molar-refractivity contribution in [3.05, 3.63) is 59.3 Å². The van der Waals surface area contributed by atoms with E-state index in [1.54, 1.807) is 19.2 Å². The Morgan fingerprint density at radius 3 is 2.86 bits per heavy atom. The van der Waals surface area contributed by atoms with Crippen molar-refractivity contribution in [2.45, 2.75) is 26.3 Å². The van der Waals surface area contributed by atoms with E-state index in [4.69, 9.17) is 4.74 Å². The first-order valence-electron chi connectivity index (χ1n) is 7.68. The van der Waals surface area contributed by atoms with Crippen LogP contribution in [0.2, 0.25) is 0 Å². The van der Waals surface area contributed by atoms with Gasteiger partial charge in [-0.15, -0.1) is 0 Å². The third-order valence-corrected chi connectivity index (χ3v) is 4.15.